The predicted octanol–water partition coefficient (Wildman–Crippen LogP) is 6.45. The van der Waals surface area contributed by atoms with E-state index in [9.17, 15) is 26.7 Å². The molecular formula is C25H17F5O3. The maximum atomic E-state index is 13.9. The number of halogens is 5. The molecular weight excluding hydrogens is 443 g/mol. The third-order valence-electron chi connectivity index (χ3n) is 5.40. The van der Waals surface area contributed by atoms with Gasteiger partial charge in [0, 0.05) is 5.56 Å². The molecule has 0 N–H and O–H groups in total. The summed E-state index contributed by atoms with van der Waals surface area (Å²) in [5.41, 5.74) is 1.43. The van der Waals surface area contributed by atoms with Crippen molar-refractivity contribution in [2.24, 2.45) is 0 Å². The van der Waals surface area contributed by atoms with Crippen molar-refractivity contribution in [3.05, 3.63) is 99.1 Å². The van der Waals surface area contributed by atoms with Crippen LogP contribution in [-0.2, 0) is 13.0 Å². The highest BCUT2D eigenvalue weighted by Gasteiger charge is 2.31. The molecule has 3 aromatic rings. The van der Waals surface area contributed by atoms with Crippen LogP contribution in [0.1, 0.15) is 39.5 Å². The molecule has 0 aromatic heterocycles. The van der Waals surface area contributed by atoms with E-state index in [0.717, 1.165) is 17.5 Å². The largest absolute Gasteiger partial charge is 0.488 e. The van der Waals surface area contributed by atoms with E-state index in [-0.39, 0.29) is 28.6 Å². The molecule has 0 fully saturated rings. The Kier molecular flexibility index (Phi) is 5.93. The zero-order valence-electron chi connectivity index (χ0n) is 17.6. The van der Waals surface area contributed by atoms with Crippen molar-refractivity contribution in [1.82, 2.24) is 0 Å². The molecule has 0 spiro atoms. The molecule has 170 valence electrons. The molecule has 0 amide bonds. The molecule has 0 saturated carbocycles. The summed E-state index contributed by atoms with van der Waals surface area (Å²) < 4.78 is 78.9. The van der Waals surface area contributed by atoms with Crippen molar-refractivity contribution in [1.29, 1.82) is 0 Å². The quantitative estimate of drug-likeness (QED) is 0.190. The molecule has 33 heavy (non-hydrogen) atoms. The fourth-order valence-electron chi connectivity index (χ4n) is 3.45. The van der Waals surface area contributed by atoms with Crippen LogP contribution in [0.5, 0.6) is 11.5 Å². The number of carbonyl (C=O) groups excluding carboxylic acids is 1. The van der Waals surface area contributed by atoms with Crippen molar-refractivity contribution in [3.63, 3.8) is 0 Å². The second kappa shape index (κ2) is 8.69. The second-order valence-electron chi connectivity index (χ2n) is 7.44. The summed E-state index contributed by atoms with van der Waals surface area (Å²) in [5, 5.41) is 0. The molecule has 0 radical (unpaired) electrons. The van der Waals surface area contributed by atoms with Crippen LogP contribution in [0, 0.1) is 36.0 Å². The van der Waals surface area contributed by atoms with Crippen molar-refractivity contribution >= 4 is 11.9 Å². The van der Waals surface area contributed by atoms with Gasteiger partial charge in [-0.3, -0.25) is 4.79 Å². The molecule has 1 heterocycles. The van der Waals surface area contributed by atoms with Gasteiger partial charge in [-0.2, -0.15) is 0 Å². The van der Waals surface area contributed by atoms with Crippen LogP contribution in [0.3, 0.4) is 0 Å². The lowest BCUT2D eigenvalue weighted by molar-refractivity contribution is 0.101. The minimum Gasteiger partial charge on any atom is -0.488 e. The molecule has 0 aliphatic carbocycles. The van der Waals surface area contributed by atoms with Crippen LogP contribution in [0.15, 0.2) is 42.2 Å². The zero-order chi connectivity index (χ0) is 23.9. The van der Waals surface area contributed by atoms with Gasteiger partial charge in [0.15, 0.2) is 29.0 Å². The Hall–Kier alpha value is -3.68. The smallest absolute Gasteiger partial charge is 0.231 e. The van der Waals surface area contributed by atoms with Crippen LogP contribution in [-0.4, -0.2) is 5.78 Å². The molecule has 0 unspecified atom stereocenters. The molecule has 0 bridgehead atoms. The van der Waals surface area contributed by atoms with Gasteiger partial charge < -0.3 is 9.47 Å². The van der Waals surface area contributed by atoms with E-state index in [2.05, 4.69) is 0 Å². The van der Waals surface area contributed by atoms with Crippen LogP contribution in [0.25, 0.3) is 6.08 Å². The van der Waals surface area contributed by atoms with E-state index in [1.165, 1.54) is 12.1 Å². The zero-order valence-corrected chi connectivity index (χ0v) is 17.6. The maximum absolute atomic E-state index is 13.9. The highest BCUT2D eigenvalue weighted by molar-refractivity contribution is 6.14. The van der Waals surface area contributed by atoms with Gasteiger partial charge in [-0.25, -0.2) is 22.0 Å². The van der Waals surface area contributed by atoms with E-state index in [0.29, 0.717) is 5.56 Å². The SMILES string of the molecule is CCc1ccc(/C=C2\Oc3c(ccc(OCc4c(F)c(F)c(F)c(F)c4F)c3C)C2=O)cc1. The van der Waals surface area contributed by atoms with Gasteiger partial charge >= 0.3 is 0 Å². The van der Waals surface area contributed by atoms with Crippen molar-refractivity contribution in [3.8, 4) is 11.5 Å². The molecule has 3 aromatic carbocycles. The lowest BCUT2D eigenvalue weighted by atomic mass is 10.0. The normalized spacial score (nSPS) is 13.9. The molecule has 3 nitrogen and oxygen atoms in total. The first-order valence-corrected chi connectivity index (χ1v) is 10.0. The standard InChI is InChI=1S/C25H17F5O3/c1-3-13-4-6-14(7-5-13)10-18-24(31)15-8-9-17(12(2)25(15)33-18)32-11-16-19(26)21(28)23(30)22(29)20(16)27/h4-10H,3,11H2,1-2H3/b18-10-. The number of aryl methyl sites for hydroxylation is 1. The summed E-state index contributed by atoms with van der Waals surface area (Å²) in [6.45, 7) is 2.67. The first-order valence-electron chi connectivity index (χ1n) is 10.0. The summed E-state index contributed by atoms with van der Waals surface area (Å²) in [5.74, 6) is -10.2. The first-order chi connectivity index (χ1) is 15.7. The van der Waals surface area contributed by atoms with Crippen LogP contribution in [0.4, 0.5) is 22.0 Å². The van der Waals surface area contributed by atoms with E-state index < -0.39 is 41.3 Å². The topological polar surface area (TPSA) is 35.5 Å². The Labute approximate surface area is 186 Å². The van der Waals surface area contributed by atoms with Gasteiger partial charge in [-0.05, 0) is 42.7 Å². The van der Waals surface area contributed by atoms with Gasteiger partial charge in [0.2, 0.25) is 11.6 Å². The summed E-state index contributed by atoms with van der Waals surface area (Å²) in [6, 6.07) is 10.4. The molecule has 0 atom stereocenters. The van der Waals surface area contributed by atoms with Crippen molar-refractivity contribution in [2.75, 3.05) is 0 Å². The Morgan fingerprint density at radius 2 is 1.48 bits per heavy atom. The van der Waals surface area contributed by atoms with Gasteiger partial charge in [0.1, 0.15) is 18.1 Å². The van der Waals surface area contributed by atoms with E-state index in [1.807, 2.05) is 31.2 Å². The molecule has 0 saturated heterocycles. The number of benzene rings is 3. The lowest BCUT2D eigenvalue weighted by Crippen LogP contribution is -2.10. The maximum Gasteiger partial charge on any atom is 0.231 e. The van der Waals surface area contributed by atoms with Gasteiger partial charge in [0.25, 0.3) is 0 Å². The van der Waals surface area contributed by atoms with Crippen LogP contribution in [0.2, 0.25) is 0 Å². The number of Topliss-reactive ketones (excluding diaryl/α,β-unsaturated/α-hetero) is 1. The fraction of sp³-hybridized carbons (Fsp3) is 0.160. The molecule has 4 rings (SSSR count). The number of ketones is 1. The first kappa shape index (κ1) is 22.5. The number of carbonyl (C=O) groups is 1. The van der Waals surface area contributed by atoms with Gasteiger partial charge in [-0.15, -0.1) is 0 Å². The van der Waals surface area contributed by atoms with Gasteiger partial charge in [-0.1, -0.05) is 31.2 Å². The number of hydrogen-bond donors (Lipinski definition) is 0. The van der Waals surface area contributed by atoms with Crippen molar-refractivity contribution in [2.45, 2.75) is 26.9 Å². The number of hydrogen-bond acceptors (Lipinski definition) is 3. The molecule has 8 heteroatoms. The number of fused-ring (bicyclic) bond motifs is 1. The summed E-state index contributed by atoms with van der Waals surface area (Å²) in [6.07, 6.45) is 2.47. The van der Waals surface area contributed by atoms with E-state index in [1.54, 1.807) is 13.0 Å². The predicted molar refractivity (Wildman–Crippen MR) is 110 cm³/mol. The van der Waals surface area contributed by atoms with Gasteiger partial charge in [0.05, 0.1) is 11.1 Å². The Bertz CT molecular complexity index is 1270. The number of ether oxygens (including phenoxy) is 2. The molecule has 1 aliphatic heterocycles. The summed E-state index contributed by atoms with van der Waals surface area (Å²) >= 11 is 0. The Morgan fingerprint density at radius 3 is 2.09 bits per heavy atom. The monoisotopic (exact) mass is 460 g/mol. The minimum absolute atomic E-state index is 0.0686. The lowest BCUT2D eigenvalue weighted by Gasteiger charge is -2.13. The fourth-order valence-corrected chi connectivity index (χ4v) is 3.45. The highest BCUT2D eigenvalue weighted by atomic mass is 19.2. The van der Waals surface area contributed by atoms with E-state index in [4.69, 9.17) is 9.47 Å². The van der Waals surface area contributed by atoms with Crippen LogP contribution < -0.4 is 9.47 Å². The van der Waals surface area contributed by atoms with E-state index >= 15 is 0 Å². The summed E-state index contributed by atoms with van der Waals surface area (Å²) in [7, 11) is 0. The Morgan fingerprint density at radius 1 is 0.879 bits per heavy atom. The number of allylic oxidation sites excluding steroid dienone is 1. The average molecular weight is 460 g/mol. The second-order valence-corrected chi connectivity index (χ2v) is 7.44. The highest BCUT2D eigenvalue weighted by Crippen LogP contribution is 2.39. The van der Waals surface area contributed by atoms with Crippen molar-refractivity contribution < 1.29 is 36.2 Å². The number of rotatable bonds is 5. The van der Waals surface area contributed by atoms with Crippen LogP contribution >= 0.6 is 0 Å². The third-order valence-corrected chi connectivity index (χ3v) is 5.40. The summed E-state index contributed by atoms with van der Waals surface area (Å²) in [4.78, 5) is 12.7. The minimum atomic E-state index is -2.24. The molecule has 1 aliphatic rings. The Balaban J connectivity index is 1.59. The average Bonchev–Trinajstić information content (AvgIpc) is 3.14. The third kappa shape index (κ3) is 3.97.